The number of carbonyl (C=O) groups excluding carboxylic acids is 1. The minimum Gasteiger partial charge on any atom is -0.365 e. The first kappa shape index (κ1) is 16.9. The first-order chi connectivity index (χ1) is 12.0. The molecule has 3 N–H and O–H groups in total. The minimum absolute atomic E-state index is 0.290. The van der Waals surface area contributed by atoms with Crippen molar-refractivity contribution in [2.45, 2.75) is 26.2 Å². The summed E-state index contributed by atoms with van der Waals surface area (Å²) >= 11 is 0. The van der Waals surface area contributed by atoms with Gasteiger partial charge in [0.05, 0.1) is 17.0 Å². The van der Waals surface area contributed by atoms with Crippen LogP contribution in [0.25, 0.3) is 0 Å². The Morgan fingerprint density at radius 3 is 2.32 bits per heavy atom. The fourth-order valence-corrected chi connectivity index (χ4v) is 2.84. The zero-order valence-corrected chi connectivity index (χ0v) is 14.1. The highest BCUT2D eigenvalue weighted by Crippen LogP contribution is 2.18. The highest BCUT2D eigenvalue weighted by Gasteiger charge is 2.18. The second-order valence-electron chi connectivity index (χ2n) is 6.18. The van der Waals surface area contributed by atoms with Gasteiger partial charge < -0.3 is 5.73 Å². The van der Waals surface area contributed by atoms with E-state index in [2.05, 4.69) is 34.5 Å². The minimum atomic E-state index is -0.496. The van der Waals surface area contributed by atoms with E-state index >= 15 is 0 Å². The van der Waals surface area contributed by atoms with E-state index in [4.69, 9.17) is 5.73 Å². The maximum absolute atomic E-state index is 13.0. The quantitative estimate of drug-likeness (QED) is 0.724. The molecule has 3 aromatic rings. The number of primary amides is 1. The number of halogens is 1. The van der Waals surface area contributed by atoms with Crippen LogP contribution in [0.5, 0.6) is 0 Å². The van der Waals surface area contributed by atoms with Gasteiger partial charge >= 0.3 is 0 Å². The van der Waals surface area contributed by atoms with Crippen molar-refractivity contribution in [2.75, 3.05) is 0 Å². The third kappa shape index (κ3) is 4.12. The second-order valence-corrected chi connectivity index (χ2v) is 6.18. The van der Waals surface area contributed by atoms with E-state index in [1.54, 1.807) is 12.1 Å². The van der Waals surface area contributed by atoms with E-state index in [0.717, 1.165) is 12.0 Å². The van der Waals surface area contributed by atoms with Crippen molar-refractivity contribution in [3.63, 3.8) is 0 Å². The molecule has 0 atom stereocenters. The van der Waals surface area contributed by atoms with E-state index in [1.165, 1.54) is 23.3 Å². The molecule has 0 saturated carbocycles. The van der Waals surface area contributed by atoms with E-state index in [1.807, 2.05) is 6.92 Å². The molecule has 1 amide bonds. The number of hydrogen-bond acceptors (Lipinski definition) is 2. The monoisotopic (exact) mass is 337 g/mol. The molecule has 5 heteroatoms. The van der Waals surface area contributed by atoms with Gasteiger partial charge in [-0.2, -0.15) is 5.10 Å². The Kier molecular flexibility index (Phi) is 4.93. The molecular formula is C20H20FN3O. The standard InChI is InChI=1S/C20H20FN3O/c1-13-2-4-14(5-3-13)8-11-17-19(20(22)25)18(24-23-17)12-15-6-9-16(21)10-7-15/h2-7,9-10H,8,11-12H2,1H3,(H2,22,25)(H,23,24). The molecule has 2 aromatic carbocycles. The Balaban J connectivity index is 1.78. The van der Waals surface area contributed by atoms with Crippen molar-refractivity contribution in [1.29, 1.82) is 0 Å². The van der Waals surface area contributed by atoms with Gasteiger partial charge in [0.1, 0.15) is 5.82 Å². The molecule has 0 aliphatic heterocycles. The molecule has 4 nitrogen and oxygen atoms in total. The number of nitrogens with one attached hydrogen (secondary N) is 1. The molecule has 128 valence electrons. The number of aromatic amines is 1. The van der Waals surface area contributed by atoms with Gasteiger partial charge in [-0.15, -0.1) is 0 Å². The number of nitrogens with zero attached hydrogens (tertiary/aromatic N) is 1. The Bertz CT molecular complexity index is 867. The Morgan fingerprint density at radius 2 is 1.68 bits per heavy atom. The van der Waals surface area contributed by atoms with Crippen LogP contribution < -0.4 is 5.73 Å². The lowest BCUT2D eigenvalue weighted by molar-refractivity contribution is 0.0998. The summed E-state index contributed by atoms with van der Waals surface area (Å²) in [5.74, 6) is -0.785. The summed E-state index contributed by atoms with van der Waals surface area (Å²) < 4.78 is 13.0. The van der Waals surface area contributed by atoms with Gasteiger partial charge in [0.2, 0.25) is 0 Å². The number of amides is 1. The van der Waals surface area contributed by atoms with Crippen LogP contribution in [-0.2, 0) is 19.3 Å². The summed E-state index contributed by atoms with van der Waals surface area (Å²) in [5.41, 5.74) is 10.6. The number of rotatable bonds is 6. The largest absolute Gasteiger partial charge is 0.365 e. The third-order valence-corrected chi connectivity index (χ3v) is 4.23. The van der Waals surface area contributed by atoms with E-state index in [0.29, 0.717) is 29.8 Å². The number of carbonyl (C=O) groups is 1. The van der Waals surface area contributed by atoms with E-state index in [9.17, 15) is 9.18 Å². The van der Waals surface area contributed by atoms with Gasteiger partial charge in [0.15, 0.2) is 0 Å². The highest BCUT2D eigenvalue weighted by atomic mass is 19.1. The number of hydrogen-bond donors (Lipinski definition) is 2. The van der Waals surface area contributed by atoms with Crippen molar-refractivity contribution in [3.05, 3.63) is 88.0 Å². The molecule has 1 heterocycles. The van der Waals surface area contributed by atoms with Crippen LogP contribution in [0.4, 0.5) is 4.39 Å². The number of aryl methyl sites for hydroxylation is 3. The molecule has 0 fully saturated rings. The number of aromatic nitrogens is 2. The zero-order valence-electron chi connectivity index (χ0n) is 14.1. The maximum Gasteiger partial charge on any atom is 0.252 e. The average Bonchev–Trinajstić information content (AvgIpc) is 2.99. The lowest BCUT2D eigenvalue weighted by Gasteiger charge is -2.04. The van der Waals surface area contributed by atoms with Gasteiger partial charge in [-0.25, -0.2) is 4.39 Å². The lowest BCUT2D eigenvalue weighted by Crippen LogP contribution is -2.15. The smallest absolute Gasteiger partial charge is 0.252 e. The van der Waals surface area contributed by atoms with Crippen LogP contribution >= 0.6 is 0 Å². The summed E-state index contributed by atoms with van der Waals surface area (Å²) in [6, 6.07) is 14.4. The van der Waals surface area contributed by atoms with Gasteiger partial charge in [-0.3, -0.25) is 9.89 Å². The Hall–Kier alpha value is -2.95. The molecule has 0 aliphatic carbocycles. The molecule has 0 bridgehead atoms. The van der Waals surface area contributed by atoms with Crippen LogP contribution in [0.2, 0.25) is 0 Å². The molecule has 0 aliphatic rings. The molecule has 25 heavy (non-hydrogen) atoms. The Morgan fingerprint density at radius 1 is 1.04 bits per heavy atom. The third-order valence-electron chi connectivity index (χ3n) is 4.23. The normalized spacial score (nSPS) is 10.8. The van der Waals surface area contributed by atoms with Gasteiger partial charge in [0.25, 0.3) is 5.91 Å². The fraction of sp³-hybridized carbons (Fsp3) is 0.200. The molecule has 3 rings (SSSR count). The second kappa shape index (κ2) is 7.30. The first-order valence-electron chi connectivity index (χ1n) is 8.19. The zero-order chi connectivity index (χ0) is 17.8. The summed E-state index contributed by atoms with van der Waals surface area (Å²) in [6.45, 7) is 2.05. The van der Waals surface area contributed by atoms with Gasteiger partial charge in [0, 0.05) is 6.42 Å². The lowest BCUT2D eigenvalue weighted by atomic mass is 10.0. The van der Waals surface area contributed by atoms with Crippen LogP contribution in [0.15, 0.2) is 48.5 Å². The van der Waals surface area contributed by atoms with Gasteiger partial charge in [-0.05, 0) is 43.0 Å². The topological polar surface area (TPSA) is 71.8 Å². The SMILES string of the molecule is Cc1ccc(CCc2n[nH]c(Cc3ccc(F)cc3)c2C(N)=O)cc1. The van der Waals surface area contributed by atoms with Crippen molar-refractivity contribution in [3.8, 4) is 0 Å². The molecule has 0 spiro atoms. The first-order valence-corrected chi connectivity index (χ1v) is 8.19. The van der Waals surface area contributed by atoms with Crippen molar-refractivity contribution < 1.29 is 9.18 Å². The maximum atomic E-state index is 13.0. The summed E-state index contributed by atoms with van der Waals surface area (Å²) in [7, 11) is 0. The average molecular weight is 337 g/mol. The predicted octanol–water partition coefficient (Wildman–Crippen LogP) is 3.33. The summed E-state index contributed by atoms with van der Waals surface area (Å²) in [5, 5.41) is 7.20. The molecule has 0 radical (unpaired) electrons. The van der Waals surface area contributed by atoms with Crippen molar-refractivity contribution in [2.24, 2.45) is 5.73 Å². The highest BCUT2D eigenvalue weighted by molar-refractivity contribution is 5.95. The number of nitrogens with two attached hydrogens (primary N) is 1. The Labute approximate surface area is 145 Å². The molecule has 0 saturated heterocycles. The van der Waals surface area contributed by atoms with Gasteiger partial charge in [-0.1, -0.05) is 42.0 Å². The van der Waals surface area contributed by atoms with Crippen LogP contribution in [0, 0.1) is 12.7 Å². The molecule has 1 aromatic heterocycles. The van der Waals surface area contributed by atoms with Crippen molar-refractivity contribution in [1.82, 2.24) is 10.2 Å². The summed E-state index contributed by atoms with van der Waals surface area (Å²) in [4.78, 5) is 11.9. The summed E-state index contributed by atoms with van der Waals surface area (Å²) in [6.07, 6.45) is 1.86. The molecular weight excluding hydrogens is 317 g/mol. The predicted molar refractivity (Wildman–Crippen MR) is 94.9 cm³/mol. The van der Waals surface area contributed by atoms with Crippen LogP contribution in [0.1, 0.15) is 38.4 Å². The van der Waals surface area contributed by atoms with Crippen LogP contribution in [-0.4, -0.2) is 16.1 Å². The molecule has 0 unspecified atom stereocenters. The fourth-order valence-electron chi connectivity index (χ4n) is 2.84. The van der Waals surface area contributed by atoms with Crippen LogP contribution in [0.3, 0.4) is 0 Å². The van der Waals surface area contributed by atoms with Crippen molar-refractivity contribution >= 4 is 5.91 Å². The number of H-pyrrole nitrogens is 1. The van der Waals surface area contributed by atoms with E-state index in [-0.39, 0.29) is 5.82 Å². The van der Waals surface area contributed by atoms with E-state index < -0.39 is 5.91 Å². The number of benzene rings is 2.